The van der Waals surface area contributed by atoms with Gasteiger partial charge in [0.1, 0.15) is 11.8 Å². The van der Waals surface area contributed by atoms with Crippen LogP contribution in [0, 0.1) is 11.3 Å². The summed E-state index contributed by atoms with van der Waals surface area (Å²) in [4.78, 5) is 7.65. The molecule has 20 heavy (non-hydrogen) atoms. The maximum Gasteiger partial charge on any atom is 0.280 e. The molecule has 1 N–H and O–H groups in total. The minimum Gasteiger partial charge on any atom is -0.334 e. The summed E-state index contributed by atoms with van der Waals surface area (Å²) in [5, 5.41) is 8.67. The third-order valence-corrected chi connectivity index (χ3v) is 3.84. The normalized spacial score (nSPS) is 11.3. The first-order valence-electron chi connectivity index (χ1n) is 5.85. The Morgan fingerprint density at radius 1 is 1.40 bits per heavy atom. The van der Waals surface area contributed by atoms with Gasteiger partial charge in [0.25, 0.3) is 10.0 Å². The molecule has 2 heterocycles. The molecule has 0 amide bonds. The minimum atomic E-state index is -3.77. The molecule has 8 heteroatoms. The maximum atomic E-state index is 12.1. The van der Waals surface area contributed by atoms with Crippen LogP contribution in [0.15, 0.2) is 35.9 Å². The van der Waals surface area contributed by atoms with Crippen LogP contribution in [0.2, 0.25) is 0 Å². The molecule has 0 aliphatic carbocycles. The summed E-state index contributed by atoms with van der Waals surface area (Å²) in [5.74, 6) is 0. The maximum absolute atomic E-state index is 12.1. The van der Waals surface area contributed by atoms with Gasteiger partial charge in [0.05, 0.1) is 12.0 Å². The Hall–Kier alpha value is -2.40. The number of pyridine rings is 1. The average Bonchev–Trinajstić information content (AvgIpc) is 2.89. The largest absolute Gasteiger partial charge is 0.334 e. The van der Waals surface area contributed by atoms with Gasteiger partial charge in [-0.05, 0) is 26.0 Å². The third kappa shape index (κ3) is 2.95. The van der Waals surface area contributed by atoms with Crippen LogP contribution >= 0.6 is 0 Å². The number of hydrogen-bond donors (Lipinski definition) is 1. The quantitative estimate of drug-likeness (QED) is 0.920. The van der Waals surface area contributed by atoms with E-state index < -0.39 is 10.0 Å². The standard InChI is InChI=1S/C12H13N5O2S/c1-9(2)17-7-12(15-8-17)20(18,19)16-10-3-4-14-11(5-10)6-13/h3-5,7-9H,1-2H3,(H,14,16). The predicted octanol–water partition coefficient (Wildman–Crippen LogP) is 1.53. The highest BCUT2D eigenvalue weighted by Gasteiger charge is 2.18. The van der Waals surface area contributed by atoms with Gasteiger partial charge in [-0.2, -0.15) is 13.7 Å². The van der Waals surface area contributed by atoms with E-state index in [0.29, 0.717) is 0 Å². The van der Waals surface area contributed by atoms with Gasteiger partial charge in [-0.1, -0.05) is 0 Å². The number of nitrogens with one attached hydrogen (secondary N) is 1. The van der Waals surface area contributed by atoms with E-state index in [1.807, 2.05) is 19.9 Å². The summed E-state index contributed by atoms with van der Waals surface area (Å²) >= 11 is 0. The van der Waals surface area contributed by atoms with Crippen molar-refractivity contribution in [3.63, 3.8) is 0 Å². The van der Waals surface area contributed by atoms with Crippen molar-refractivity contribution in [3.05, 3.63) is 36.5 Å². The highest BCUT2D eigenvalue weighted by atomic mass is 32.2. The zero-order valence-electron chi connectivity index (χ0n) is 11.0. The summed E-state index contributed by atoms with van der Waals surface area (Å²) < 4.78 is 28.4. The number of anilines is 1. The molecule has 0 bridgehead atoms. The fourth-order valence-corrected chi connectivity index (χ4v) is 2.49. The van der Waals surface area contributed by atoms with Crippen LogP contribution < -0.4 is 4.72 Å². The van der Waals surface area contributed by atoms with Crippen LogP contribution in [-0.2, 0) is 10.0 Å². The van der Waals surface area contributed by atoms with Crippen LogP contribution in [0.1, 0.15) is 25.6 Å². The molecule has 0 saturated heterocycles. The van der Waals surface area contributed by atoms with Crippen molar-refractivity contribution in [2.75, 3.05) is 4.72 Å². The highest BCUT2D eigenvalue weighted by Crippen LogP contribution is 2.16. The van der Waals surface area contributed by atoms with E-state index in [1.54, 1.807) is 4.57 Å². The second-order valence-corrected chi connectivity index (χ2v) is 6.03. The van der Waals surface area contributed by atoms with Gasteiger partial charge in [0.2, 0.25) is 0 Å². The Balaban J connectivity index is 2.28. The fraction of sp³-hybridized carbons (Fsp3) is 0.250. The molecular formula is C12H13N5O2S. The number of sulfonamides is 1. The van der Waals surface area contributed by atoms with E-state index in [4.69, 9.17) is 5.26 Å². The molecule has 0 aliphatic heterocycles. The lowest BCUT2D eigenvalue weighted by Gasteiger charge is -2.06. The second-order valence-electron chi connectivity index (χ2n) is 4.40. The van der Waals surface area contributed by atoms with Gasteiger partial charge in [-0.25, -0.2) is 9.97 Å². The third-order valence-electron chi connectivity index (χ3n) is 2.58. The number of imidazole rings is 1. The van der Waals surface area contributed by atoms with Crippen molar-refractivity contribution < 1.29 is 8.42 Å². The summed E-state index contributed by atoms with van der Waals surface area (Å²) in [6.45, 7) is 3.85. The van der Waals surface area contributed by atoms with Crippen LogP contribution in [-0.4, -0.2) is 23.0 Å². The van der Waals surface area contributed by atoms with E-state index in [0.717, 1.165) is 0 Å². The van der Waals surface area contributed by atoms with Gasteiger partial charge in [0.15, 0.2) is 5.03 Å². The van der Waals surface area contributed by atoms with Crippen LogP contribution in [0.4, 0.5) is 5.69 Å². The van der Waals surface area contributed by atoms with E-state index in [1.165, 1.54) is 30.9 Å². The lowest BCUT2D eigenvalue weighted by molar-refractivity contribution is 0.591. The summed E-state index contributed by atoms with van der Waals surface area (Å²) in [6, 6.07) is 4.80. The number of nitriles is 1. The number of rotatable bonds is 4. The predicted molar refractivity (Wildman–Crippen MR) is 72.4 cm³/mol. The smallest absolute Gasteiger partial charge is 0.280 e. The van der Waals surface area contributed by atoms with Gasteiger partial charge >= 0.3 is 0 Å². The Morgan fingerprint density at radius 2 is 2.15 bits per heavy atom. The Kier molecular flexibility index (Phi) is 3.72. The lowest BCUT2D eigenvalue weighted by Crippen LogP contribution is -2.13. The van der Waals surface area contributed by atoms with Gasteiger partial charge in [-0.3, -0.25) is 4.72 Å². The minimum absolute atomic E-state index is 0.0680. The summed E-state index contributed by atoms with van der Waals surface area (Å²) in [5.41, 5.74) is 0.411. The molecule has 0 radical (unpaired) electrons. The molecule has 104 valence electrons. The zero-order chi connectivity index (χ0) is 14.8. The molecule has 0 aliphatic rings. The first kappa shape index (κ1) is 14.0. The summed E-state index contributed by atoms with van der Waals surface area (Å²) in [6.07, 6.45) is 4.29. The Labute approximate surface area is 117 Å². The molecule has 0 spiro atoms. The van der Waals surface area contributed by atoms with Gasteiger partial charge < -0.3 is 4.57 Å². The van der Waals surface area contributed by atoms with E-state index >= 15 is 0 Å². The molecule has 0 aromatic carbocycles. The molecule has 2 aromatic heterocycles. The van der Waals surface area contributed by atoms with Crippen molar-refractivity contribution in [2.24, 2.45) is 0 Å². The Bertz CT molecular complexity index is 758. The van der Waals surface area contributed by atoms with Crippen LogP contribution in [0.3, 0.4) is 0 Å². The molecule has 2 rings (SSSR count). The molecular weight excluding hydrogens is 278 g/mol. The van der Waals surface area contributed by atoms with Crippen molar-refractivity contribution in [1.29, 1.82) is 5.26 Å². The zero-order valence-corrected chi connectivity index (χ0v) is 11.8. The first-order valence-corrected chi connectivity index (χ1v) is 7.33. The van der Waals surface area contributed by atoms with E-state index in [2.05, 4.69) is 14.7 Å². The number of hydrogen-bond acceptors (Lipinski definition) is 5. The lowest BCUT2D eigenvalue weighted by atomic mass is 10.3. The molecule has 0 unspecified atom stereocenters. The molecule has 0 atom stereocenters. The van der Waals surface area contributed by atoms with E-state index in [9.17, 15) is 8.42 Å². The summed E-state index contributed by atoms with van der Waals surface area (Å²) in [7, 11) is -3.77. The van der Waals surface area contributed by atoms with Crippen LogP contribution in [0.25, 0.3) is 0 Å². The first-order chi connectivity index (χ1) is 9.42. The van der Waals surface area contributed by atoms with E-state index in [-0.39, 0.29) is 22.4 Å². The average molecular weight is 291 g/mol. The SMILES string of the molecule is CC(C)n1cnc(S(=O)(=O)Nc2ccnc(C#N)c2)c1. The second kappa shape index (κ2) is 5.30. The topological polar surface area (TPSA) is 101 Å². The van der Waals surface area contributed by atoms with Crippen molar-refractivity contribution >= 4 is 15.7 Å². The number of nitrogens with zero attached hydrogens (tertiary/aromatic N) is 4. The van der Waals surface area contributed by atoms with Crippen molar-refractivity contribution in [1.82, 2.24) is 14.5 Å². The molecule has 0 saturated carbocycles. The van der Waals surface area contributed by atoms with Crippen molar-refractivity contribution in [2.45, 2.75) is 24.9 Å². The molecule has 7 nitrogen and oxygen atoms in total. The monoisotopic (exact) mass is 291 g/mol. The number of aromatic nitrogens is 3. The molecule has 0 fully saturated rings. The Morgan fingerprint density at radius 3 is 2.75 bits per heavy atom. The van der Waals surface area contributed by atoms with Crippen LogP contribution in [0.5, 0.6) is 0 Å². The fourth-order valence-electron chi connectivity index (χ4n) is 1.50. The molecule has 2 aromatic rings. The van der Waals surface area contributed by atoms with Gasteiger partial charge in [-0.15, -0.1) is 0 Å². The van der Waals surface area contributed by atoms with Crippen molar-refractivity contribution in [3.8, 4) is 6.07 Å². The highest BCUT2D eigenvalue weighted by molar-refractivity contribution is 7.92. The van der Waals surface area contributed by atoms with Gasteiger partial charge in [0, 0.05) is 18.4 Å².